The molecule has 0 radical (unpaired) electrons. The number of nitrogens with zero attached hydrogens (tertiary/aromatic N) is 3. The van der Waals surface area contributed by atoms with E-state index in [9.17, 15) is 9.59 Å². The number of aliphatic carboxylic acids is 1. The topological polar surface area (TPSA) is 106 Å². The van der Waals surface area contributed by atoms with Gasteiger partial charge in [0.1, 0.15) is 5.75 Å². The fourth-order valence-corrected chi connectivity index (χ4v) is 3.02. The molecule has 1 aliphatic rings. The van der Waals surface area contributed by atoms with Gasteiger partial charge in [0.05, 0.1) is 6.42 Å². The Morgan fingerprint density at radius 1 is 1.35 bits per heavy atom. The molecule has 8 nitrogen and oxygen atoms in total. The first-order valence-corrected chi connectivity index (χ1v) is 8.64. The van der Waals surface area contributed by atoms with Crippen molar-refractivity contribution < 1.29 is 24.0 Å². The number of aromatic nitrogens is 2. The van der Waals surface area contributed by atoms with Gasteiger partial charge in [0.25, 0.3) is 5.91 Å². The number of rotatable bonds is 7. The van der Waals surface area contributed by atoms with Gasteiger partial charge in [-0.25, -0.2) is 0 Å². The summed E-state index contributed by atoms with van der Waals surface area (Å²) in [6.07, 6.45) is 2.21. The number of hydrogen-bond donors (Lipinski definition) is 1. The van der Waals surface area contributed by atoms with Gasteiger partial charge >= 0.3 is 5.97 Å². The number of carboxylic acids is 1. The second-order valence-electron chi connectivity index (χ2n) is 6.16. The summed E-state index contributed by atoms with van der Waals surface area (Å²) in [4.78, 5) is 29.4. The maximum absolute atomic E-state index is 12.6. The van der Waals surface area contributed by atoms with Gasteiger partial charge in [0.2, 0.25) is 11.7 Å². The summed E-state index contributed by atoms with van der Waals surface area (Å²) in [5.41, 5.74) is 0.516. The van der Waals surface area contributed by atoms with Gasteiger partial charge in [-0.15, -0.1) is 0 Å². The molecule has 0 aliphatic carbocycles. The molecule has 3 rings (SSSR count). The van der Waals surface area contributed by atoms with Crippen molar-refractivity contribution in [1.82, 2.24) is 15.0 Å². The quantitative estimate of drug-likeness (QED) is 0.808. The lowest BCUT2D eigenvalue weighted by atomic mass is 10.1. The van der Waals surface area contributed by atoms with Crippen molar-refractivity contribution in [1.29, 1.82) is 0 Å². The number of carbonyl (C=O) groups excluding carboxylic acids is 1. The highest BCUT2D eigenvalue weighted by atomic mass is 16.5. The molecule has 1 unspecified atom stereocenters. The standard InChI is InChI=1S/C18H21N3O5/c1-2-16-19-15(20-26-16)11-25-14-7-5-12(6-8-14)18(24)21-9-3-4-13(21)10-17(22)23/h5-8,13H,2-4,9-11H2,1H3,(H,22,23). The van der Waals surface area contributed by atoms with Crippen LogP contribution in [0, 0.1) is 0 Å². The second kappa shape index (κ2) is 7.99. The largest absolute Gasteiger partial charge is 0.485 e. The molecule has 1 saturated heterocycles. The molecule has 1 aliphatic heterocycles. The lowest BCUT2D eigenvalue weighted by Crippen LogP contribution is -2.36. The fourth-order valence-electron chi connectivity index (χ4n) is 3.02. The molecule has 1 amide bonds. The molecular weight excluding hydrogens is 338 g/mol. The van der Waals surface area contributed by atoms with Gasteiger partial charge in [-0.2, -0.15) is 4.98 Å². The van der Waals surface area contributed by atoms with E-state index >= 15 is 0 Å². The normalized spacial score (nSPS) is 16.7. The number of likely N-dealkylation sites (tertiary alicyclic amines) is 1. The van der Waals surface area contributed by atoms with Crippen LogP contribution in [0.5, 0.6) is 5.75 Å². The lowest BCUT2D eigenvalue weighted by molar-refractivity contribution is -0.137. The Morgan fingerprint density at radius 2 is 2.12 bits per heavy atom. The predicted molar refractivity (Wildman–Crippen MR) is 90.8 cm³/mol. The van der Waals surface area contributed by atoms with Crippen LogP contribution in [0.25, 0.3) is 0 Å². The molecule has 8 heteroatoms. The van der Waals surface area contributed by atoms with Gasteiger partial charge in [0, 0.05) is 24.6 Å². The second-order valence-corrected chi connectivity index (χ2v) is 6.16. The Bertz CT molecular complexity index is 771. The summed E-state index contributed by atoms with van der Waals surface area (Å²) in [7, 11) is 0. The first kappa shape index (κ1) is 17.9. The summed E-state index contributed by atoms with van der Waals surface area (Å²) in [5, 5.41) is 12.8. The van der Waals surface area contributed by atoms with Crippen molar-refractivity contribution in [3.63, 3.8) is 0 Å². The van der Waals surface area contributed by atoms with E-state index in [4.69, 9.17) is 14.4 Å². The molecule has 1 aromatic heterocycles. The van der Waals surface area contributed by atoms with Crippen molar-refractivity contribution >= 4 is 11.9 Å². The Balaban J connectivity index is 1.59. The van der Waals surface area contributed by atoms with E-state index in [1.54, 1.807) is 29.2 Å². The van der Waals surface area contributed by atoms with E-state index in [1.807, 2.05) is 6.92 Å². The SMILES string of the molecule is CCc1nc(COc2ccc(C(=O)N3CCCC3CC(=O)O)cc2)no1. The molecule has 2 aromatic rings. The number of ether oxygens (including phenoxy) is 1. The van der Waals surface area contributed by atoms with Crippen molar-refractivity contribution in [2.24, 2.45) is 0 Å². The van der Waals surface area contributed by atoms with Crippen LogP contribution >= 0.6 is 0 Å². The summed E-state index contributed by atoms with van der Waals surface area (Å²) in [5.74, 6) is 0.590. The zero-order valence-corrected chi connectivity index (χ0v) is 14.6. The summed E-state index contributed by atoms with van der Waals surface area (Å²) >= 11 is 0. The maximum Gasteiger partial charge on any atom is 0.305 e. The van der Waals surface area contributed by atoms with Crippen LogP contribution in [0.1, 0.15) is 48.3 Å². The number of hydrogen-bond acceptors (Lipinski definition) is 6. The third-order valence-corrected chi connectivity index (χ3v) is 4.33. The van der Waals surface area contributed by atoms with Gasteiger partial charge in [-0.3, -0.25) is 9.59 Å². The first-order valence-electron chi connectivity index (χ1n) is 8.64. The van der Waals surface area contributed by atoms with Crippen molar-refractivity contribution in [3.05, 3.63) is 41.5 Å². The zero-order valence-electron chi connectivity index (χ0n) is 14.6. The highest BCUT2D eigenvalue weighted by Crippen LogP contribution is 2.23. The van der Waals surface area contributed by atoms with Crippen LogP contribution in [0.4, 0.5) is 0 Å². The number of amides is 1. The molecule has 26 heavy (non-hydrogen) atoms. The molecule has 2 heterocycles. The third-order valence-electron chi connectivity index (χ3n) is 4.33. The molecule has 1 atom stereocenters. The summed E-state index contributed by atoms with van der Waals surface area (Å²) in [6, 6.07) is 6.54. The van der Waals surface area contributed by atoms with Gasteiger partial charge in [0.15, 0.2) is 6.61 Å². The van der Waals surface area contributed by atoms with Crippen LogP contribution in [0.3, 0.4) is 0 Å². The van der Waals surface area contributed by atoms with E-state index in [0.717, 1.165) is 12.8 Å². The van der Waals surface area contributed by atoms with E-state index in [-0.39, 0.29) is 25.0 Å². The average molecular weight is 359 g/mol. The minimum absolute atomic E-state index is 0.0165. The van der Waals surface area contributed by atoms with Crippen LogP contribution < -0.4 is 4.74 Å². The highest BCUT2D eigenvalue weighted by Gasteiger charge is 2.30. The van der Waals surface area contributed by atoms with Gasteiger partial charge in [-0.05, 0) is 37.1 Å². The zero-order chi connectivity index (χ0) is 18.5. The number of carboxylic acid groups (broad SMARTS) is 1. The number of benzene rings is 1. The molecule has 0 bridgehead atoms. The molecule has 1 N–H and O–H groups in total. The number of aryl methyl sites for hydroxylation is 1. The molecule has 1 fully saturated rings. The average Bonchev–Trinajstić information content (AvgIpc) is 3.28. The lowest BCUT2D eigenvalue weighted by Gasteiger charge is -2.23. The minimum atomic E-state index is -0.883. The summed E-state index contributed by atoms with van der Waals surface area (Å²) < 4.78 is 10.6. The summed E-state index contributed by atoms with van der Waals surface area (Å²) in [6.45, 7) is 2.70. The first-order chi connectivity index (χ1) is 12.6. The Labute approximate surface area is 150 Å². The monoisotopic (exact) mass is 359 g/mol. The van der Waals surface area contributed by atoms with E-state index in [0.29, 0.717) is 36.0 Å². The fraction of sp³-hybridized carbons (Fsp3) is 0.444. The number of carbonyl (C=O) groups is 2. The van der Waals surface area contributed by atoms with Crippen LogP contribution in [-0.2, 0) is 17.8 Å². The third kappa shape index (κ3) is 4.19. The van der Waals surface area contributed by atoms with Crippen LogP contribution in [0.2, 0.25) is 0 Å². The maximum atomic E-state index is 12.6. The molecule has 0 spiro atoms. The van der Waals surface area contributed by atoms with Crippen molar-refractivity contribution in [2.45, 2.75) is 45.3 Å². The van der Waals surface area contributed by atoms with Crippen molar-refractivity contribution in [3.8, 4) is 5.75 Å². The molecule has 138 valence electrons. The molecule has 0 saturated carbocycles. The minimum Gasteiger partial charge on any atom is -0.485 e. The van der Waals surface area contributed by atoms with E-state index in [1.165, 1.54) is 0 Å². The van der Waals surface area contributed by atoms with Crippen LogP contribution in [0.15, 0.2) is 28.8 Å². The van der Waals surface area contributed by atoms with E-state index < -0.39 is 5.97 Å². The van der Waals surface area contributed by atoms with Gasteiger partial charge < -0.3 is 19.3 Å². The van der Waals surface area contributed by atoms with Gasteiger partial charge in [-0.1, -0.05) is 12.1 Å². The predicted octanol–water partition coefficient (Wildman–Crippen LogP) is 2.29. The van der Waals surface area contributed by atoms with Crippen molar-refractivity contribution in [2.75, 3.05) is 6.54 Å². The molecule has 1 aromatic carbocycles. The Morgan fingerprint density at radius 3 is 2.77 bits per heavy atom. The Kier molecular flexibility index (Phi) is 5.50. The highest BCUT2D eigenvalue weighted by molar-refractivity contribution is 5.95. The van der Waals surface area contributed by atoms with E-state index in [2.05, 4.69) is 10.1 Å². The smallest absolute Gasteiger partial charge is 0.305 e. The van der Waals surface area contributed by atoms with Crippen LogP contribution in [-0.4, -0.2) is 44.6 Å². The Hall–Kier alpha value is -2.90. The molecular formula is C18H21N3O5.